The van der Waals surface area contributed by atoms with Gasteiger partial charge in [-0.15, -0.1) is 0 Å². The summed E-state index contributed by atoms with van der Waals surface area (Å²) < 4.78 is 0. The molecule has 0 bridgehead atoms. The molecule has 0 aliphatic carbocycles. The van der Waals surface area contributed by atoms with E-state index in [4.69, 9.17) is 0 Å². The fourth-order valence-electron chi connectivity index (χ4n) is 11.7. The molecule has 0 fully saturated rings. The van der Waals surface area contributed by atoms with Crippen LogP contribution in [0.5, 0.6) is 0 Å². The van der Waals surface area contributed by atoms with E-state index in [1.807, 2.05) is 0 Å². The van der Waals surface area contributed by atoms with Gasteiger partial charge in [0.2, 0.25) is 0 Å². The standard InChI is InChI=1S/C74H130/c1-4-7-10-13-16-18-20-22-24-26-28-30-32-34-36-38-40-42-44-46-48-51-53-56-70-59-61-72(62-60-70)65-66-73(58-55-50-15-12-9-6-3)69-74-67-63-71(64-68-74)57-54-52-49-47-45-43-41-39-37-35-33-31-29-27-25-23-21-19-17-14-11-8-5-2/h53-54,56-57,59-64,67-68,73H,4-52,55,58,65-66,69H2,1-3H3. The third-order valence-corrected chi connectivity index (χ3v) is 16.9. The van der Waals surface area contributed by atoms with Crippen LogP contribution in [0.1, 0.15) is 377 Å². The van der Waals surface area contributed by atoms with Gasteiger partial charge in [0.1, 0.15) is 0 Å². The summed E-state index contributed by atoms with van der Waals surface area (Å²) in [6.45, 7) is 6.95. The highest BCUT2D eigenvalue weighted by Crippen LogP contribution is 2.24. The molecule has 0 N–H and O–H groups in total. The van der Waals surface area contributed by atoms with Gasteiger partial charge in [0.05, 0.1) is 0 Å². The first kappa shape index (κ1) is 68.0. The molecule has 0 heteroatoms. The van der Waals surface area contributed by atoms with Gasteiger partial charge in [-0.25, -0.2) is 0 Å². The fraction of sp³-hybridized carbons (Fsp3) is 0.784. The molecule has 0 radical (unpaired) electrons. The normalized spacial score (nSPS) is 12.3. The maximum absolute atomic E-state index is 2.43. The third kappa shape index (κ3) is 46.1. The molecule has 0 nitrogen and oxygen atoms in total. The van der Waals surface area contributed by atoms with Gasteiger partial charge in [0.15, 0.2) is 0 Å². The first-order chi connectivity index (χ1) is 36.7. The Morgan fingerprint density at radius 1 is 0.257 bits per heavy atom. The van der Waals surface area contributed by atoms with Crippen molar-refractivity contribution in [2.75, 3.05) is 0 Å². The van der Waals surface area contributed by atoms with Gasteiger partial charge < -0.3 is 0 Å². The lowest BCUT2D eigenvalue weighted by Crippen LogP contribution is -2.07. The molecule has 1 unspecified atom stereocenters. The largest absolute Gasteiger partial charge is 0.0839 e. The van der Waals surface area contributed by atoms with Crippen LogP contribution in [-0.2, 0) is 12.8 Å². The Balaban J connectivity index is 1.50. The Morgan fingerprint density at radius 2 is 0.500 bits per heavy atom. The summed E-state index contributed by atoms with van der Waals surface area (Å²) in [6.07, 6.45) is 86.4. The van der Waals surface area contributed by atoms with Crippen molar-refractivity contribution in [1.29, 1.82) is 0 Å². The van der Waals surface area contributed by atoms with Gasteiger partial charge in [0.25, 0.3) is 0 Å². The Bertz CT molecular complexity index is 1430. The zero-order chi connectivity index (χ0) is 52.6. The topological polar surface area (TPSA) is 0 Å². The quantitative estimate of drug-likeness (QED) is 0.0579. The van der Waals surface area contributed by atoms with E-state index in [2.05, 4.69) is 93.6 Å². The van der Waals surface area contributed by atoms with E-state index < -0.39 is 0 Å². The number of hydrogen-bond acceptors (Lipinski definition) is 0. The summed E-state index contributed by atoms with van der Waals surface area (Å²) in [7, 11) is 0. The Labute approximate surface area is 466 Å². The molecule has 0 spiro atoms. The molecule has 0 amide bonds. The van der Waals surface area contributed by atoms with Crippen molar-refractivity contribution < 1.29 is 0 Å². The number of hydrogen-bond donors (Lipinski definition) is 0. The number of aryl methyl sites for hydroxylation is 1. The van der Waals surface area contributed by atoms with Crippen molar-refractivity contribution in [3.63, 3.8) is 0 Å². The predicted octanol–water partition coefficient (Wildman–Crippen LogP) is 26.5. The van der Waals surface area contributed by atoms with Crippen molar-refractivity contribution in [2.45, 2.75) is 367 Å². The number of allylic oxidation sites excluding steroid dienone is 2. The van der Waals surface area contributed by atoms with Crippen LogP contribution in [0.3, 0.4) is 0 Å². The van der Waals surface area contributed by atoms with E-state index in [1.54, 1.807) is 0 Å². The molecule has 0 aliphatic rings. The van der Waals surface area contributed by atoms with Crippen LogP contribution < -0.4 is 0 Å². The lowest BCUT2D eigenvalue weighted by molar-refractivity contribution is 0.421. The molecule has 0 saturated carbocycles. The molecule has 2 aromatic carbocycles. The molecule has 0 aliphatic heterocycles. The summed E-state index contributed by atoms with van der Waals surface area (Å²) >= 11 is 0. The van der Waals surface area contributed by atoms with Crippen molar-refractivity contribution in [2.24, 2.45) is 5.92 Å². The van der Waals surface area contributed by atoms with Crippen molar-refractivity contribution in [3.8, 4) is 0 Å². The van der Waals surface area contributed by atoms with Gasteiger partial charge >= 0.3 is 0 Å². The van der Waals surface area contributed by atoms with Crippen molar-refractivity contribution >= 4 is 12.2 Å². The molecule has 426 valence electrons. The fourth-order valence-corrected chi connectivity index (χ4v) is 11.7. The van der Waals surface area contributed by atoms with Gasteiger partial charge in [-0.2, -0.15) is 0 Å². The van der Waals surface area contributed by atoms with E-state index in [0.29, 0.717) is 0 Å². The second-order valence-electron chi connectivity index (χ2n) is 24.2. The highest BCUT2D eigenvalue weighted by molar-refractivity contribution is 5.50. The lowest BCUT2D eigenvalue weighted by Gasteiger charge is -2.18. The maximum Gasteiger partial charge on any atom is -0.0250 e. The van der Waals surface area contributed by atoms with E-state index in [0.717, 1.165) is 5.92 Å². The minimum atomic E-state index is 0.764. The average Bonchev–Trinajstić information content (AvgIpc) is 3.42. The first-order valence-electron chi connectivity index (χ1n) is 34.3. The number of benzene rings is 2. The van der Waals surface area contributed by atoms with Gasteiger partial charge in [0, 0.05) is 0 Å². The Morgan fingerprint density at radius 3 is 0.784 bits per heavy atom. The van der Waals surface area contributed by atoms with E-state index in [9.17, 15) is 0 Å². The SMILES string of the molecule is CCCCCCCCCCCCCCCCCCCCCCCC=Cc1ccc(CCC(CCCCCCCC)Cc2ccc(C=CCCCCCCCCCCCCCCCCCCCCCCC)cc2)cc1. The van der Waals surface area contributed by atoms with Gasteiger partial charge in [-0.05, 0) is 73.1 Å². The Hall–Kier alpha value is -2.08. The van der Waals surface area contributed by atoms with E-state index in [-0.39, 0.29) is 0 Å². The van der Waals surface area contributed by atoms with Crippen molar-refractivity contribution in [1.82, 2.24) is 0 Å². The van der Waals surface area contributed by atoms with Gasteiger partial charge in [-0.3, -0.25) is 0 Å². The molecule has 0 heterocycles. The highest BCUT2D eigenvalue weighted by Gasteiger charge is 2.11. The van der Waals surface area contributed by atoms with Crippen LogP contribution in [0.2, 0.25) is 0 Å². The monoisotopic (exact) mass is 1020 g/mol. The second-order valence-corrected chi connectivity index (χ2v) is 24.2. The molecule has 0 saturated heterocycles. The molecule has 0 aromatic heterocycles. The Kier molecular flexibility index (Phi) is 51.2. The predicted molar refractivity (Wildman–Crippen MR) is 339 cm³/mol. The summed E-state index contributed by atoms with van der Waals surface area (Å²) in [5, 5.41) is 0. The molecule has 1 atom stereocenters. The third-order valence-electron chi connectivity index (χ3n) is 16.9. The number of rotatable bonds is 58. The summed E-state index contributed by atoms with van der Waals surface area (Å²) in [6, 6.07) is 19.1. The van der Waals surface area contributed by atoms with Crippen LogP contribution in [0.15, 0.2) is 60.7 Å². The lowest BCUT2D eigenvalue weighted by atomic mass is 9.88. The van der Waals surface area contributed by atoms with Crippen LogP contribution in [-0.4, -0.2) is 0 Å². The van der Waals surface area contributed by atoms with E-state index in [1.165, 1.54) is 369 Å². The maximum atomic E-state index is 2.43. The van der Waals surface area contributed by atoms with Gasteiger partial charge in [-0.1, -0.05) is 395 Å². The minimum Gasteiger partial charge on any atom is -0.0839 e. The first-order valence-corrected chi connectivity index (χ1v) is 34.3. The van der Waals surface area contributed by atoms with Crippen LogP contribution in [0, 0.1) is 5.92 Å². The average molecular weight is 1020 g/mol. The second kappa shape index (κ2) is 55.7. The minimum absolute atomic E-state index is 0.764. The molecule has 74 heavy (non-hydrogen) atoms. The van der Waals surface area contributed by atoms with E-state index >= 15 is 0 Å². The zero-order valence-electron chi connectivity index (χ0n) is 50.7. The van der Waals surface area contributed by atoms with Crippen LogP contribution in [0.25, 0.3) is 12.2 Å². The summed E-state index contributed by atoms with van der Waals surface area (Å²) in [5.74, 6) is 0.764. The molecule has 2 rings (SSSR count). The molecule has 2 aromatic rings. The van der Waals surface area contributed by atoms with Crippen LogP contribution in [0.4, 0.5) is 0 Å². The smallest absolute Gasteiger partial charge is 0.0250 e. The van der Waals surface area contributed by atoms with Crippen molar-refractivity contribution in [3.05, 3.63) is 82.9 Å². The summed E-state index contributed by atoms with van der Waals surface area (Å²) in [5.41, 5.74) is 5.77. The zero-order valence-corrected chi connectivity index (χ0v) is 50.7. The molecular weight excluding hydrogens is 889 g/mol. The molecular formula is C74H130. The van der Waals surface area contributed by atoms with Crippen LogP contribution >= 0.6 is 0 Å². The number of unbranched alkanes of at least 4 members (excludes halogenated alkanes) is 47. The summed E-state index contributed by atoms with van der Waals surface area (Å²) in [4.78, 5) is 0. The highest BCUT2D eigenvalue weighted by atomic mass is 14.2.